The Morgan fingerprint density at radius 1 is 1.07 bits per heavy atom. The summed E-state index contributed by atoms with van der Waals surface area (Å²) in [5.74, 6) is -2.42. The second-order valence-electron chi connectivity index (χ2n) is 5.87. The summed E-state index contributed by atoms with van der Waals surface area (Å²) in [6.07, 6.45) is 2.37. The van der Waals surface area contributed by atoms with Crippen molar-refractivity contribution in [3.05, 3.63) is 75.9 Å². The van der Waals surface area contributed by atoms with Crippen molar-refractivity contribution in [1.29, 1.82) is 5.26 Å². The number of nitrogens with one attached hydrogen (secondary N) is 2. The number of rotatable bonds is 5. The highest BCUT2D eigenvalue weighted by atomic mass is 32.1. The van der Waals surface area contributed by atoms with E-state index in [9.17, 15) is 24.8 Å². The van der Waals surface area contributed by atoms with Gasteiger partial charge in [-0.1, -0.05) is 18.2 Å². The average Bonchev–Trinajstić information content (AvgIpc) is 3.03. The van der Waals surface area contributed by atoms with Gasteiger partial charge >= 0.3 is 5.97 Å². The first kappa shape index (κ1) is 19.7. The van der Waals surface area contributed by atoms with Gasteiger partial charge in [-0.25, -0.2) is 4.79 Å². The van der Waals surface area contributed by atoms with Gasteiger partial charge in [0.05, 0.1) is 21.6 Å². The van der Waals surface area contributed by atoms with Crippen LogP contribution < -0.4 is 10.6 Å². The molecule has 0 atom stereocenters. The number of pyridine rings is 1. The molecule has 2 aromatic heterocycles. The molecule has 3 rings (SSSR count). The predicted octanol–water partition coefficient (Wildman–Crippen LogP) is 3.53. The molecule has 0 aliphatic carbocycles. The van der Waals surface area contributed by atoms with Gasteiger partial charge in [-0.15, -0.1) is 11.3 Å². The summed E-state index contributed by atoms with van der Waals surface area (Å²) in [4.78, 5) is 40.5. The van der Waals surface area contributed by atoms with Crippen molar-refractivity contribution >= 4 is 39.8 Å². The van der Waals surface area contributed by atoms with Crippen molar-refractivity contribution in [2.45, 2.75) is 6.92 Å². The number of nitriles is 1. The molecule has 2 heterocycles. The summed E-state index contributed by atoms with van der Waals surface area (Å²) in [5.41, 5.74) is 0.802. The first-order valence-corrected chi connectivity index (χ1v) is 9.12. The van der Waals surface area contributed by atoms with Gasteiger partial charge in [0.15, 0.2) is 0 Å². The average molecular weight is 406 g/mol. The highest BCUT2D eigenvalue weighted by molar-refractivity contribution is 7.18. The van der Waals surface area contributed by atoms with Gasteiger partial charge in [-0.3, -0.25) is 14.6 Å². The Balaban J connectivity index is 1.90. The fourth-order valence-electron chi connectivity index (χ4n) is 2.60. The van der Waals surface area contributed by atoms with Gasteiger partial charge in [0, 0.05) is 18.1 Å². The Hall–Kier alpha value is -4.03. The lowest BCUT2D eigenvalue weighted by Gasteiger charge is -2.06. The maximum atomic E-state index is 12.6. The van der Waals surface area contributed by atoms with Crippen molar-refractivity contribution in [3.8, 4) is 6.07 Å². The van der Waals surface area contributed by atoms with Crippen LogP contribution in [0.25, 0.3) is 0 Å². The summed E-state index contributed by atoms with van der Waals surface area (Å²) in [6, 6.07) is 12.1. The number of carbonyl (C=O) groups excluding carboxylic acids is 2. The minimum atomic E-state index is -1.30. The number of benzene rings is 1. The number of amides is 2. The van der Waals surface area contributed by atoms with Crippen molar-refractivity contribution in [3.63, 3.8) is 0 Å². The molecule has 29 heavy (non-hydrogen) atoms. The number of anilines is 2. The third kappa shape index (κ3) is 4.12. The lowest BCUT2D eigenvalue weighted by molar-refractivity contribution is 0.0692. The second kappa shape index (κ2) is 8.33. The zero-order valence-electron chi connectivity index (χ0n) is 15.1. The third-order valence-electron chi connectivity index (χ3n) is 4.02. The van der Waals surface area contributed by atoms with Crippen molar-refractivity contribution in [1.82, 2.24) is 4.98 Å². The standard InChI is InChI=1S/C20H14N4O4S/c1-11-14(9-21)19(24-17(25)13-7-8-22-10-15(13)20(27)28)29-16(11)18(26)23-12-5-3-2-4-6-12/h2-8,10H,1H3,(H,23,26)(H,24,25)(H,27,28). The summed E-state index contributed by atoms with van der Waals surface area (Å²) >= 11 is 0.946. The Kier molecular flexibility index (Phi) is 5.66. The molecule has 0 bridgehead atoms. The summed E-state index contributed by atoms with van der Waals surface area (Å²) in [5, 5.41) is 24.1. The van der Waals surface area contributed by atoms with Crippen LogP contribution in [0.3, 0.4) is 0 Å². The molecule has 0 saturated heterocycles. The molecule has 0 fully saturated rings. The number of carboxylic acid groups (broad SMARTS) is 1. The van der Waals surface area contributed by atoms with Crippen molar-refractivity contribution < 1.29 is 19.5 Å². The molecule has 1 aromatic carbocycles. The minimum Gasteiger partial charge on any atom is -0.478 e. The molecule has 3 aromatic rings. The lowest BCUT2D eigenvalue weighted by atomic mass is 10.1. The van der Waals surface area contributed by atoms with Crippen molar-refractivity contribution in [2.24, 2.45) is 0 Å². The number of carbonyl (C=O) groups is 3. The molecule has 0 unspecified atom stereocenters. The quantitative estimate of drug-likeness (QED) is 0.594. The fourth-order valence-corrected chi connectivity index (χ4v) is 3.64. The Morgan fingerprint density at radius 3 is 2.45 bits per heavy atom. The van der Waals surface area contributed by atoms with Crippen LogP contribution >= 0.6 is 11.3 Å². The maximum absolute atomic E-state index is 12.6. The van der Waals surface area contributed by atoms with Gasteiger partial charge in [-0.05, 0) is 30.7 Å². The van der Waals surface area contributed by atoms with Crippen LogP contribution in [0.2, 0.25) is 0 Å². The maximum Gasteiger partial charge on any atom is 0.338 e. The number of aromatic nitrogens is 1. The second-order valence-corrected chi connectivity index (χ2v) is 6.89. The molecule has 2 amide bonds. The van der Waals surface area contributed by atoms with E-state index < -0.39 is 17.8 Å². The van der Waals surface area contributed by atoms with E-state index in [1.54, 1.807) is 31.2 Å². The van der Waals surface area contributed by atoms with E-state index in [-0.39, 0.29) is 26.6 Å². The van der Waals surface area contributed by atoms with E-state index in [0.29, 0.717) is 11.3 Å². The molecule has 0 aliphatic rings. The molecule has 0 aliphatic heterocycles. The number of hydrogen-bond donors (Lipinski definition) is 3. The number of thiophene rings is 1. The van der Waals surface area contributed by atoms with Gasteiger partial charge in [-0.2, -0.15) is 5.26 Å². The van der Waals surface area contributed by atoms with E-state index in [1.165, 1.54) is 12.3 Å². The predicted molar refractivity (Wildman–Crippen MR) is 107 cm³/mol. The SMILES string of the molecule is Cc1c(C(=O)Nc2ccccc2)sc(NC(=O)c2ccncc2C(=O)O)c1C#N. The van der Waals surface area contributed by atoms with Crippen LogP contribution in [-0.4, -0.2) is 27.9 Å². The number of hydrogen-bond acceptors (Lipinski definition) is 6. The number of para-hydroxylation sites is 1. The highest BCUT2D eigenvalue weighted by Gasteiger charge is 2.23. The Labute approximate surface area is 169 Å². The Morgan fingerprint density at radius 2 is 1.79 bits per heavy atom. The topological polar surface area (TPSA) is 132 Å². The smallest absolute Gasteiger partial charge is 0.338 e. The van der Waals surface area contributed by atoms with Crippen LogP contribution in [0.15, 0.2) is 48.8 Å². The van der Waals surface area contributed by atoms with E-state index >= 15 is 0 Å². The minimum absolute atomic E-state index is 0.0993. The molecule has 8 nitrogen and oxygen atoms in total. The van der Waals surface area contributed by atoms with Gasteiger partial charge in [0.2, 0.25) is 0 Å². The molecule has 144 valence electrons. The molecule has 0 radical (unpaired) electrons. The normalized spacial score (nSPS) is 10.1. The molecule has 0 spiro atoms. The largest absolute Gasteiger partial charge is 0.478 e. The number of nitrogens with zero attached hydrogens (tertiary/aromatic N) is 2. The van der Waals surface area contributed by atoms with Crippen LogP contribution in [-0.2, 0) is 0 Å². The van der Waals surface area contributed by atoms with Crippen LogP contribution in [0, 0.1) is 18.3 Å². The monoisotopic (exact) mass is 406 g/mol. The molecular weight excluding hydrogens is 392 g/mol. The number of aromatic carboxylic acids is 1. The first-order chi connectivity index (χ1) is 13.9. The van der Waals surface area contributed by atoms with Gasteiger partial charge < -0.3 is 15.7 Å². The highest BCUT2D eigenvalue weighted by Crippen LogP contribution is 2.33. The summed E-state index contributed by atoms with van der Waals surface area (Å²) < 4.78 is 0. The van der Waals surface area contributed by atoms with Gasteiger partial charge in [0.1, 0.15) is 11.1 Å². The number of carboxylic acids is 1. The van der Waals surface area contributed by atoms with Crippen molar-refractivity contribution in [2.75, 3.05) is 10.6 Å². The molecular formula is C20H14N4O4S. The zero-order valence-corrected chi connectivity index (χ0v) is 15.9. The lowest BCUT2D eigenvalue weighted by Crippen LogP contribution is -2.16. The van der Waals surface area contributed by atoms with E-state index in [2.05, 4.69) is 15.6 Å². The first-order valence-electron chi connectivity index (χ1n) is 8.31. The summed E-state index contributed by atoms with van der Waals surface area (Å²) in [6.45, 7) is 1.61. The van der Waals surface area contributed by atoms with Crippen LogP contribution in [0.4, 0.5) is 10.7 Å². The fraction of sp³-hybridized carbons (Fsp3) is 0.0500. The van der Waals surface area contributed by atoms with E-state index in [4.69, 9.17) is 0 Å². The molecule has 9 heteroatoms. The van der Waals surface area contributed by atoms with Crippen LogP contribution in [0.5, 0.6) is 0 Å². The molecule has 0 saturated carbocycles. The van der Waals surface area contributed by atoms with Crippen LogP contribution in [0.1, 0.15) is 41.5 Å². The third-order valence-corrected chi connectivity index (χ3v) is 5.23. The zero-order chi connectivity index (χ0) is 21.0. The van der Waals surface area contributed by atoms with E-state index in [1.807, 2.05) is 12.1 Å². The summed E-state index contributed by atoms with van der Waals surface area (Å²) in [7, 11) is 0. The Bertz CT molecular complexity index is 1150. The van der Waals surface area contributed by atoms with Gasteiger partial charge in [0.25, 0.3) is 11.8 Å². The molecule has 3 N–H and O–H groups in total. The van der Waals surface area contributed by atoms with E-state index in [0.717, 1.165) is 17.5 Å².